The predicted molar refractivity (Wildman–Crippen MR) is 81.1 cm³/mol. The zero-order chi connectivity index (χ0) is 14.4. The monoisotopic (exact) mass is 276 g/mol. The second-order valence-electron chi connectivity index (χ2n) is 5.52. The molecule has 2 N–H and O–H groups in total. The van der Waals surface area contributed by atoms with Crippen molar-refractivity contribution in [1.82, 2.24) is 5.32 Å². The van der Waals surface area contributed by atoms with E-state index in [1.165, 1.54) is 0 Å². The van der Waals surface area contributed by atoms with Crippen molar-refractivity contribution in [2.24, 2.45) is 0 Å². The van der Waals surface area contributed by atoms with Gasteiger partial charge < -0.3 is 15.4 Å². The van der Waals surface area contributed by atoms with E-state index in [1.807, 2.05) is 24.3 Å². The highest BCUT2D eigenvalue weighted by Gasteiger charge is 2.16. The second kappa shape index (κ2) is 7.29. The van der Waals surface area contributed by atoms with Crippen molar-refractivity contribution >= 4 is 11.6 Å². The molecule has 2 rings (SSSR count). The second-order valence-corrected chi connectivity index (χ2v) is 5.52. The fourth-order valence-electron chi connectivity index (χ4n) is 2.43. The van der Waals surface area contributed by atoms with Crippen molar-refractivity contribution in [3.05, 3.63) is 29.8 Å². The predicted octanol–water partition coefficient (Wildman–Crippen LogP) is 2.81. The molecule has 4 nitrogen and oxygen atoms in total. The fourth-order valence-corrected chi connectivity index (χ4v) is 2.43. The maximum Gasteiger partial charge on any atom is 0.253 e. The quantitative estimate of drug-likeness (QED) is 0.840. The summed E-state index contributed by atoms with van der Waals surface area (Å²) in [6.45, 7) is 5.65. The molecule has 4 heteroatoms. The Balaban J connectivity index is 1.87. The molecule has 1 aliphatic heterocycles. The van der Waals surface area contributed by atoms with Gasteiger partial charge >= 0.3 is 0 Å². The van der Waals surface area contributed by atoms with Crippen LogP contribution in [0.4, 0.5) is 5.69 Å². The van der Waals surface area contributed by atoms with Gasteiger partial charge in [0.15, 0.2) is 0 Å². The minimum Gasteiger partial charge on any atom is -0.382 e. The first-order chi connectivity index (χ1) is 9.66. The molecule has 1 saturated heterocycles. The SMILES string of the molecule is CC(C)Nc1ccccc1C(=O)NCCC1CCCO1. The molecule has 1 unspecified atom stereocenters. The van der Waals surface area contributed by atoms with E-state index in [-0.39, 0.29) is 5.91 Å². The highest BCUT2D eigenvalue weighted by molar-refractivity contribution is 5.99. The number of hydrogen-bond acceptors (Lipinski definition) is 3. The van der Waals surface area contributed by atoms with Crippen LogP contribution in [0.2, 0.25) is 0 Å². The third-order valence-corrected chi connectivity index (χ3v) is 3.39. The maximum atomic E-state index is 12.2. The summed E-state index contributed by atoms with van der Waals surface area (Å²) in [5, 5.41) is 6.28. The first kappa shape index (κ1) is 14.9. The van der Waals surface area contributed by atoms with E-state index in [9.17, 15) is 4.79 Å². The summed E-state index contributed by atoms with van der Waals surface area (Å²) in [5.74, 6) is -0.0215. The lowest BCUT2D eigenvalue weighted by atomic mass is 10.1. The maximum absolute atomic E-state index is 12.2. The Bertz CT molecular complexity index is 440. The number of anilines is 1. The summed E-state index contributed by atoms with van der Waals surface area (Å²) in [6, 6.07) is 7.92. The number of nitrogens with one attached hydrogen (secondary N) is 2. The molecular weight excluding hydrogens is 252 g/mol. The summed E-state index contributed by atoms with van der Waals surface area (Å²) in [7, 11) is 0. The molecule has 0 radical (unpaired) electrons. The van der Waals surface area contributed by atoms with Crippen LogP contribution in [0.15, 0.2) is 24.3 Å². The summed E-state index contributed by atoms with van der Waals surface area (Å²) < 4.78 is 5.55. The number of rotatable bonds is 6. The summed E-state index contributed by atoms with van der Waals surface area (Å²) in [6.07, 6.45) is 3.46. The van der Waals surface area contributed by atoms with Crippen LogP contribution in [-0.4, -0.2) is 31.2 Å². The molecular formula is C16H24N2O2. The van der Waals surface area contributed by atoms with Gasteiger partial charge in [0.25, 0.3) is 5.91 Å². The molecule has 1 fully saturated rings. The van der Waals surface area contributed by atoms with Crippen molar-refractivity contribution < 1.29 is 9.53 Å². The number of benzene rings is 1. The van der Waals surface area contributed by atoms with E-state index in [4.69, 9.17) is 4.74 Å². The topological polar surface area (TPSA) is 50.4 Å². The van der Waals surface area contributed by atoms with E-state index >= 15 is 0 Å². The lowest BCUT2D eigenvalue weighted by molar-refractivity contribution is 0.0908. The minimum atomic E-state index is -0.0215. The van der Waals surface area contributed by atoms with Gasteiger partial charge in [0, 0.05) is 24.9 Å². The van der Waals surface area contributed by atoms with E-state index in [1.54, 1.807) is 0 Å². The van der Waals surface area contributed by atoms with E-state index in [2.05, 4.69) is 24.5 Å². The zero-order valence-electron chi connectivity index (χ0n) is 12.3. The van der Waals surface area contributed by atoms with Gasteiger partial charge in [-0.15, -0.1) is 0 Å². The van der Waals surface area contributed by atoms with Crippen molar-refractivity contribution in [1.29, 1.82) is 0 Å². The average molecular weight is 276 g/mol. The van der Waals surface area contributed by atoms with E-state index in [0.717, 1.165) is 31.6 Å². The number of amides is 1. The Morgan fingerprint density at radius 2 is 2.20 bits per heavy atom. The Morgan fingerprint density at radius 3 is 2.90 bits per heavy atom. The smallest absolute Gasteiger partial charge is 0.253 e. The molecule has 1 amide bonds. The van der Waals surface area contributed by atoms with E-state index in [0.29, 0.717) is 24.3 Å². The molecule has 110 valence electrons. The highest BCUT2D eigenvalue weighted by atomic mass is 16.5. The Hall–Kier alpha value is -1.55. The summed E-state index contributed by atoms with van der Waals surface area (Å²) in [5.41, 5.74) is 1.59. The molecule has 0 saturated carbocycles. The van der Waals surface area contributed by atoms with Gasteiger partial charge in [-0.1, -0.05) is 12.1 Å². The molecule has 1 atom stereocenters. The molecule has 0 aromatic heterocycles. The zero-order valence-corrected chi connectivity index (χ0v) is 12.3. The number of carbonyl (C=O) groups is 1. The van der Waals surface area contributed by atoms with Crippen LogP contribution >= 0.6 is 0 Å². The van der Waals surface area contributed by atoms with Crippen LogP contribution in [0.1, 0.15) is 43.5 Å². The third kappa shape index (κ3) is 4.23. The van der Waals surface area contributed by atoms with Gasteiger partial charge in [-0.25, -0.2) is 0 Å². The Kier molecular flexibility index (Phi) is 5.41. The lowest BCUT2D eigenvalue weighted by Gasteiger charge is -2.15. The Morgan fingerprint density at radius 1 is 1.40 bits per heavy atom. The van der Waals surface area contributed by atoms with Crippen LogP contribution in [-0.2, 0) is 4.74 Å². The largest absolute Gasteiger partial charge is 0.382 e. The standard InChI is InChI=1S/C16H24N2O2/c1-12(2)18-15-8-4-3-7-14(15)16(19)17-10-9-13-6-5-11-20-13/h3-4,7-8,12-13,18H,5-6,9-11H2,1-2H3,(H,17,19). The first-order valence-electron chi connectivity index (χ1n) is 7.42. The highest BCUT2D eigenvalue weighted by Crippen LogP contribution is 2.17. The van der Waals surface area contributed by atoms with Gasteiger partial charge in [0.05, 0.1) is 11.7 Å². The Labute approximate surface area is 120 Å². The number of ether oxygens (including phenoxy) is 1. The molecule has 0 spiro atoms. The van der Waals surface area contributed by atoms with E-state index < -0.39 is 0 Å². The normalized spacial score (nSPS) is 18.2. The third-order valence-electron chi connectivity index (χ3n) is 3.39. The summed E-state index contributed by atoms with van der Waals surface area (Å²) in [4.78, 5) is 12.2. The van der Waals surface area contributed by atoms with Gasteiger partial charge in [0.1, 0.15) is 0 Å². The molecule has 1 aromatic carbocycles. The van der Waals surface area contributed by atoms with Crippen molar-refractivity contribution in [3.63, 3.8) is 0 Å². The number of para-hydroxylation sites is 1. The van der Waals surface area contributed by atoms with Crippen LogP contribution in [0.5, 0.6) is 0 Å². The van der Waals surface area contributed by atoms with Gasteiger partial charge in [-0.2, -0.15) is 0 Å². The van der Waals surface area contributed by atoms with Gasteiger partial charge in [-0.05, 0) is 45.2 Å². The van der Waals surface area contributed by atoms with Crippen LogP contribution in [0.25, 0.3) is 0 Å². The lowest BCUT2D eigenvalue weighted by Crippen LogP contribution is -2.28. The fraction of sp³-hybridized carbons (Fsp3) is 0.562. The molecule has 1 heterocycles. The van der Waals surface area contributed by atoms with Gasteiger partial charge in [-0.3, -0.25) is 4.79 Å². The van der Waals surface area contributed by atoms with Crippen molar-refractivity contribution in [3.8, 4) is 0 Å². The van der Waals surface area contributed by atoms with Crippen molar-refractivity contribution in [2.75, 3.05) is 18.5 Å². The van der Waals surface area contributed by atoms with Crippen LogP contribution in [0, 0.1) is 0 Å². The van der Waals surface area contributed by atoms with Crippen molar-refractivity contribution in [2.45, 2.75) is 45.3 Å². The molecule has 20 heavy (non-hydrogen) atoms. The first-order valence-corrected chi connectivity index (χ1v) is 7.42. The van der Waals surface area contributed by atoms with Crippen LogP contribution in [0.3, 0.4) is 0 Å². The average Bonchev–Trinajstić information content (AvgIpc) is 2.91. The molecule has 1 aliphatic rings. The van der Waals surface area contributed by atoms with Gasteiger partial charge in [0.2, 0.25) is 0 Å². The number of hydrogen-bond donors (Lipinski definition) is 2. The molecule has 0 bridgehead atoms. The summed E-state index contributed by atoms with van der Waals surface area (Å²) >= 11 is 0. The van der Waals surface area contributed by atoms with Crippen LogP contribution < -0.4 is 10.6 Å². The molecule has 1 aromatic rings. The minimum absolute atomic E-state index is 0.0215. The molecule has 0 aliphatic carbocycles. The number of carbonyl (C=O) groups excluding carboxylic acids is 1.